The van der Waals surface area contributed by atoms with Crippen LogP contribution in [0.25, 0.3) is 0 Å². The molecule has 0 bridgehead atoms. The molecule has 0 radical (unpaired) electrons. The van der Waals surface area contributed by atoms with Crippen LogP contribution in [0.3, 0.4) is 0 Å². The zero-order valence-electron chi connectivity index (χ0n) is 10.4. The molecular weight excluding hydrogens is 255 g/mol. The molecule has 0 heterocycles. The second kappa shape index (κ2) is 5.53. The summed E-state index contributed by atoms with van der Waals surface area (Å²) in [4.78, 5) is 0. The Morgan fingerprint density at radius 3 is 2.72 bits per heavy atom. The van der Waals surface area contributed by atoms with Crippen molar-refractivity contribution in [1.29, 1.82) is 0 Å². The number of halogens is 2. The van der Waals surface area contributed by atoms with Gasteiger partial charge in [0.2, 0.25) is 0 Å². The van der Waals surface area contributed by atoms with Crippen LogP contribution in [-0.4, -0.2) is 18.8 Å². The van der Waals surface area contributed by atoms with Crippen LogP contribution in [0.1, 0.15) is 24.8 Å². The molecule has 0 aromatic heterocycles. The van der Waals surface area contributed by atoms with Crippen LogP contribution in [0.4, 0.5) is 4.39 Å². The highest BCUT2D eigenvalue weighted by Gasteiger charge is 2.44. The van der Waals surface area contributed by atoms with Gasteiger partial charge in [-0.2, -0.15) is 0 Å². The number of hydrogen-bond acceptors (Lipinski definition) is 3. The highest BCUT2D eigenvalue weighted by molar-refractivity contribution is 6.30. The summed E-state index contributed by atoms with van der Waals surface area (Å²) < 4.78 is 18.7. The molecule has 0 saturated heterocycles. The molecule has 1 unspecified atom stereocenters. The van der Waals surface area contributed by atoms with Crippen LogP contribution < -0.4 is 11.3 Å². The fourth-order valence-corrected chi connectivity index (χ4v) is 2.72. The lowest BCUT2D eigenvalue weighted by atomic mass is 9.73. The molecule has 0 spiro atoms. The van der Waals surface area contributed by atoms with Crippen LogP contribution in [0.5, 0.6) is 0 Å². The van der Waals surface area contributed by atoms with Gasteiger partial charge in [0.1, 0.15) is 5.82 Å². The average Bonchev–Trinajstić information content (AvgIpc) is 2.31. The monoisotopic (exact) mass is 272 g/mol. The molecule has 100 valence electrons. The fourth-order valence-electron chi connectivity index (χ4n) is 2.52. The Hall–Kier alpha value is -0.680. The van der Waals surface area contributed by atoms with E-state index in [0.29, 0.717) is 6.42 Å². The molecule has 3 N–H and O–H groups in total. The topological polar surface area (TPSA) is 47.3 Å². The average molecular weight is 273 g/mol. The van der Waals surface area contributed by atoms with Gasteiger partial charge in [-0.15, -0.1) is 0 Å². The Morgan fingerprint density at radius 1 is 1.56 bits per heavy atom. The molecule has 5 heteroatoms. The summed E-state index contributed by atoms with van der Waals surface area (Å²) in [6, 6.07) is 4.76. The highest BCUT2D eigenvalue weighted by atomic mass is 35.5. The number of ether oxygens (including phenoxy) is 1. The zero-order valence-corrected chi connectivity index (χ0v) is 11.1. The van der Waals surface area contributed by atoms with Crippen LogP contribution in [0.15, 0.2) is 18.2 Å². The maximum atomic E-state index is 13.1. The lowest BCUT2D eigenvalue weighted by molar-refractivity contribution is -0.0982. The molecule has 1 aromatic rings. The molecule has 3 nitrogen and oxygen atoms in total. The van der Waals surface area contributed by atoms with Crippen LogP contribution in [0.2, 0.25) is 5.02 Å². The summed E-state index contributed by atoms with van der Waals surface area (Å²) in [5, 5.41) is 0.142. The standard InChI is InChI=1S/C13H18ClFN2O/c1-18-13(5-2-6-13)12(17-16)8-9-3-4-11(15)10(14)7-9/h3-4,7,12,17H,2,5-6,8,16H2,1H3. The number of methoxy groups -OCH3 is 1. The molecular formula is C13H18ClFN2O. The van der Waals surface area contributed by atoms with Gasteiger partial charge in [0.25, 0.3) is 0 Å². The summed E-state index contributed by atoms with van der Waals surface area (Å²) in [6.45, 7) is 0. The van der Waals surface area contributed by atoms with Crippen molar-refractivity contribution in [3.63, 3.8) is 0 Å². The van der Waals surface area contributed by atoms with E-state index in [9.17, 15) is 4.39 Å². The molecule has 1 atom stereocenters. The van der Waals surface area contributed by atoms with Crippen molar-refractivity contribution >= 4 is 11.6 Å². The van der Waals surface area contributed by atoms with E-state index >= 15 is 0 Å². The Balaban J connectivity index is 2.12. The number of benzene rings is 1. The second-order valence-electron chi connectivity index (χ2n) is 4.79. The van der Waals surface area contributed by atoms with E-state index in [0.717, 1.165) is 24.8 Å². The van der Waals surface area contributed by atoms with Gasteiger partial charge in [-0.05, 0) is 43.4 Å². The van der Waals surface area contributed by atoms with Gasteiger partial charge in [-0.3, -0.25) is 11.3 Å². The molecule has 18 heavy (non-hydrogen) atoms. The second-order valence-corrected chi connectivity index (χ2v) is 5.20. The van der Waals surface area contributed by atoms with Crippen LogP contribution in [0, 0.1) is 5.82 Å². The van der Waals surface area contributed by atoms with E-state index in [1.807, 2.05) is 0 Å². The van der Waals surface area contributed by atoms with Crippen molar-refractivity contribution < 1.29 is 9.13 Å². The predicted octanol–water partition coefficient (Wildman–Crippen LogP) is 2.42. The first-order valence-corrected chi connectivity index (χ1v) is 6.44. The number of hydrazine groups is 1. The van der Waals surface area contributed by atoms with Gasteiger partial charge < -0.3 is 4.74 Å². The summed E-state index contributed by atoms with van der Waals surface area (Å²) in [5.74, 6) is 5.22. The molecule has 1 fully saturated rings. The highest BCUT2D eigenvalue weighted by Crippen LogP contribution is 2.39. The summed E-state index contributed by atoms with van der Waals surface area (Å²) >= 11 is 5.78. The quantitative estimate of drug-likeness (QED) is 0.639. The largest absolute Gasteiger partial charge is 0.377 e. The minimum Gasteiger partial charge on any atom is -0.377 e. The Morgan fingerprint density at radius 2 is 2.28 bits per heavy atom. The van der Waals surface area contributed by atoms with Crippen molar-refractivity contribution in [2.75, 3.05) is 7.11 Å². The van der Waals surface area contributed by atoms with Gasteiger partial charge in [-0.25, -0.2) is 4.39 Å². The van der Waals surface area contributed by atoms with E-state index in [1.165, 1.54) is 6.07 Å². The Bertz CT molecular complexity index is 418. The number of hydrogen-bond donors (Lipinski definition) is 2. The van der Waals surface area contributed by atoms with Gasteiger partial charge in [0.05, 0.1) is 16.7 Å². The Labute approximate surface area is 111 Å². The Kier molecular flexibility index (Phi) is 4.22. The molecule has 0 aliphatic heterocycles. The van der Waals surface area contributed by atoms with Crippen LogP contribution >= 0.6 is 11.6 Å². The van der Waals surface area contributed by atoms with Crippen molar-refractivity contribution in [2.45, 2.75) is 37.3 Å². The van der Waals surface area contributed by atoms with Gasteiger partial charge in [-0.1, -0.05) is 17.7 Å². The van der Waals surface area contributed by atoms with Crippen LogP contribution in [-0.2, 0) is 11.2 Å². The lowest BCUT2D eigenvalue weighted by Crippen LogP contribution is -2.59. The third kappa shape index (κ3) is 2.52. The van der Waals surface area contributed by atoms with Gasteiger partial charge in [0, 0.05) is 7.11 Å². The molecule has 0 amide bonds. The SMILES string of the molecule is COC1(C(Cc2ccc(F)c(Cl)c2)NN)CCC1. The molecule has 1 aliphatic rings. The van der Waals surface area contributed by atoms with Crippen molar-refractivity contribution in [1.82, 2.24) is 5.43 Å². The maximum absolute atomic E-state index is 13.1. The predicted molar refractivity (Wildman–Crippen MR) is 69.8 cm³/mol. The summed E-state index contributed by atoms with van der Waals surface area (Å²) in [7, 11) is 1.71. The van der Waals surface area contributed by atoms with Crippen molar-refractivity contribution in [3.8, 4) is 0 Å². The molecule has 1 aromatic carbocycles. The number of nitrogens with one attached hydrogen (secondary N) is 1. The van der Waals surface area contributed by atoms with E-state index < -0.39 is 5.82 Å². The van der Waals surface area contributed by atoms with E-state index in [-0.39, 0.29) is 16.7 Å². The first kappa shape index (κ1) is 13.7. The molecule has 2 rings (SSSR count). The van der Waals surface area contributed by atoms with Crippen molar-refractivity contribution in [3.05, 3.63) is 34.6 Å². The summed E-state index contributed by atoms with van der Waals surface area (Å²) in [5.41, 5.74) is 3.57. The smallest absolute Gasteiger partial charge is 0.141 e. The van der Waals surface area contributed by atoms with Gasteiger partial charge >= 0.3 is 0 Å². The van der Waals surface area contributed by atoms with Crippen molar-refractivity contribution in [2.24, 2.45) is 5.84 Å². The minimum absolute atomic E-state index is 0.0118. The van der Waals surface area contributed by atoms with Gasteiger partial charge in [0.15, 0.2) is 0 Å². The minimum atomic E-state index is -0.400. The number of nitrogens with two attached hydrogens (primary N) is 1. The molecule has 1 aliphatic carbocycles. The third-order valence-corrected chi connectivity index (χ3v) is 4.16. The first-order chi connectivity index (χ1) is 8.61. The number of rotatable bonds is 5. The zero-order chi connectivity index (χ0) is 13.2. The first-order valence-electron chi connectivity index (χ1n) is 6.06. The maximum Gasteiger partial charge on any atom is 0.141 e. The molecule has 1 saturated carbocycles. The van der Waals surface area contributed by atoms with E-state index in [1.54, 1.807) is 19.2 Å². The lowest BCUT2D eigenvalue weighted by Gasteiger charge is -2.46. The fraction of sp³-hybridized carbons (Fsp3) is 0.538. The van der Waals surface area contributed by atoms with E-state index in [4.69, 9.17) is 22.2 Å². The normalized spacial score (nSPS) is 19.3. The van der Waals surface area contributed by atoms with E-state index in [2.05, 4.69) is 5.43 Å². The summed E-state index contributed by atoms with van der Waals surface area (Å²) in [6.07, 6.45) is 3.81. The third-order valence-electron chi connectivity index (χ3n) is 3.87.